The molecular weight excluding hydrogens is 501 g/mol. The van der Waals surface area contributed by atoms with Crippen molar-refractivity contribution in [2.45, 2.75) is 25.7 Å². The van der Waals surface area contributed by atoms with Gasteiger partial charge in [-0.1, -0.05) is 36.4 Å². The van der Waals surface area contributed by atoms with Crippen LogP contribution in [0.5, 0.6) is 0 Å². The molecule has 0 aliphatic rings. The molecule has 160 valence electrons. The quantitative estimate of drug-likeness (QED) is 0.232. The Labute approximate surface area is 184 Å². The summed E-state index contributed by atoms with van der Waals surface area (Å²) in [6, 6.07) is 13.5. The average molecular weight is 525 g/mol. The third-order valence-electron chi connectivity index (χ3n) is 3.80. The van der Waals surface area contributed by atoms with Crippen LogP contribution in [0.2, 0.25) is 0 Å². The number of ether oxygens (including phenoxy) is 1. The summed E-state index contributed by atoms with van der Waals surface area (Å²) in [5, 5.41) is 6.27. The Morgan fingerprint density at radius 2 is 1.69 bits per heavy atom. The van der Waals surface area contributed by atoms with Crippen molar-refractivity contribution in [1.29, 1.82) is 0 Å². The highest BCUT2D eigenvalue weighted by Crippen LogP contribution is 2.16. The Balaban J connectivity index is 0.00000420. The first-order valence-electron chi connectivity index (χ1n) is 8.77. The molecule has 29 heavy (non-hydrogen) atoms. The molecule has 0 bridgehead atoms. The number of alkyl halides is 3. The van der Waals surface area contributed by atoms with Gasteiger partial charge in [-0.05, 0) is 35.2 Å². The summed E-state index contributed by atoms with van der Waals surface area (Å²) >= 11 is 0. The summed E-state index contributed by atoms with van der Waals surface area (Å²) < 4.78 is 54.3. The molecule has 2 aromatic rings. The normalized spacial score (nSPS) is 11.7. The zero-order valence-electron chi connectivity index (χ0n) is 15.9. The second kappa shape index (κ2) is 12.6. The Morgan fingerprint density at radius 3 is 2.38 bits per heavy atom. The van der Waals surface area contributed by atoms with E-state index in [2.05, 4.69) is 20.4 Å². The molecule has 0 spiro atoms. The van der Waals surface area contributed by atoms with E-state index in [-0.39, 0.29) is 36.4 Å². The topological polar surface area (TPSA) is 45.7 Å². The number of guanidine groups is 1. The Morgan fingerprint density at radius 1 is 1.00 bits per heavy atom. The Hall–Kier alpha value is -1.88. The summed E-state index contributed by atoms with van der Waals surface area (Å²) in [4.78, 5) is 4.12. The van der Waals surface area contributed by atoms with Crippen LogP contribution in [0.3, 0.4) is 0 Å². The van der Waals surface area contributed by atoms with Gasteiger partial charge in [0, 0.05) is 20.1 Å². The number of hydrogen-bond donors (Lipinski definition) is 2. The molecule has 0 saturated carbocycles. The maximum atomic E-state index is 13.2. The van der Waals surface area contributed by atoms with Crippen molar-refractivity contribution in [2.75, 3.05) is 20.2 Å². The number of nitrogens with zero attached hydrogens (tertiary/aromatic N) is 1. The van der Waals surface area contributed by atoms with Crippen molar-refractivity contribution in [1.82, 2.24) is 10.6 Å². The average Bonchev–Trinajstić information content (AvgIpc) is 2.64. The van der Waals surface area contributed by atoms with Gasteiger partial charge in [0.1, 0.15) is 12.4 Å². The van der Waals surface area contributed by atoms with Crippen molar-refractivity contribution in [2.24, 2.45) is 4.99 Å². The zero-order valence-corrected chi connectivity index (χ0v) is 18.3. The van der Waals surface area contributed by atoms with Crippen LogP contribution in [-0.2, 0) is 24.3 Å². The van der Waals surface area contributed by atoms with E-state index in [1.165, 1.54) is 12.1 Å². The first kappa shape index (κ1) is 25.2. The Kier molecular flexibility index (Phi) is 11.0. The fourth-order valence-corrected chi connectivity index (χ4v) is 2.54. The van der Waals surface area contributed by atoms with E-state index in [0.29, 0.717) is 31.0 Å². The van der Waals surface area contributed by atoms with Crippen LogP contribution in [-0.4, -0.2) is 32.3 Å². The Bertz CT molecular complexity index is 784. The minimum atomic E-state index is -4.33. The highest BCUT2D eigenvalue weighted by Gasteiger charge is 2.27. The summed E-state index contributed by atoms with van der Waals surface area (Å²) in [5.41, 5.74) is 2.44. The lowest BCUT2D eigenvalue weighted by atomic mass is 10.1. The molecule has 0 fully saturated rings. The van der Waals surface area contributed by atoms with Crippen LogP contribution in [0, 0.1) is 5.82 Å². The first-order chi connectivity index (χ1) is 13.4. The molecule has 4 nitrogen and oxygen atoms in total. The summed E-state index contributed by atoms with van der Waals surface area (Å²) in [6.45, 7) is -0.341. The summed E-state index contributed by atoms with van der Waals surface area (Å²) in [5.74, 6) is 0.314. The van der Waals surface area contributed by atoms with Gasteiger partial charge >= 0.3 is 6.18 Å². The van der Waals surface area contributed by atoms with E-state index in [9.17, 15) is 17.6 Å². The van der Waals surface area contributed by atoms with E-state index in [1.807, 2.05) is 12.1 Å². The van der Waals surface area contributed by atoms with E-state index in [1.54, 1.807) is 31.3 Å². The molecule has 0 aliphatic heterocycles. The van der Waals surface area contributed by atoms with E-state index >= 15 is 0 Å². The third-order valence-corrected chi connectivity index (χ3v) is 3.80. The van der Waals surface area contributed by atoms with Gasteiger partial charge in [0.15, 0.2) is 5.96 Å². The largest absolute Gasteiger partial charge is 0.411 e. The highest BCUT2D eigenvalue weighted by atomic mass is 127. The predicted octanol–water partition coefficient (Wildman–Crippen LogP) is 4.43. The van der Waals surface area contributed by atoms with E-state index in [0.717, 1.165) is 11.1 Å². The van der Waals surface area contributed by atoms with E-state index in [4.69, 9.17) is 0 Å². The number of rotatable bonds is 8. The van der Waals surface area contributed by atoms with Crippen LogP contribution < -0.4 is 10.6 Å². The molecule has 0 amide bonds. The van der Waals surface area contributed by atoms with Gasteiger partial charge in [-0.3, -0.25) is 4.99 Å². The predicted molar refractivity (Wildman–Crippen MR) is 116 cm³/mol. The summed E-state index contributed by atoms with van der Waals surface area (Å²) in [6.07, 6.45) is -3.69. The molecule has 9 heteroatoms. The number of aliphatic imine (C=N–C) groups is 1. The van der Waals surface area contributed by atoms with Crippen LogP contribution in [0.1, 0.15) is 16.7 Å². The molecule has 2 rings (SSSR count). The fraction of sp³-hybridized carbons (Fsp3) is 0.350. The smallest absolute Gasteiger partial charge is 0.367 e. The lowest BCUT2D eigenvalue weighted by Gasteiger charge is -2.13. The molecule has 0 aliphatic carbocycles. The lowest BCUT2D eigenvalue weighted by molar-refractivity contribution is -0.176. The molecule has 0 radical (unpaired) electrons. The van der Waals surface area contributed by atoms with Crippen LogP contribution in [0.15, 0.2) is 53.5 Å². The first-order valence-corrected chi connectivity index (χ1v) is 8.77. The van der Waals surface area contributed by atoms with Crippen LogP contribution in [0.4, 0.5) is 17.6 Å². The lowest BCUT2D eigenvalue weighted by Crippen LogP contribution is -2.37. The molecule has 2 N–H and O–H groups in total. The number of halogens is 5. The van der Waals surface area contributed by atoms with Crippen molar-refractivity contribution in [3.63, 3.8) is 0 Å². The van der Waals surface area contributed by atoms with Gasteiger partial charge in [-0.15, -0.1) is 24.0 Å². The molecule has 0 atom stereocenters. The van der Waals surface area contributed by atoms with Crippen LogP contribution in [0.25, 0.3) is 0 Å². The minimum absolute atomic E-state index is 0. The fourth-order valence-electron chi connectivity index (χ4n) is 2.54. The van der Waals surface area contributed by atoms with Gasteiger partial charge in [0.05, 0.1) is 6.61 Å². The minimum Gasteiger partial charge on any atom is -0.367 e. The second-order valence-electron chi connectivity index (χ2n) is 6.16. The molecule has 0 aromatic heterocycles. The molecular formula is C20H24F4IN3O. The van der Waals surface area contributed by atoms with Gasteiger partial charge in [-0.2, -0.15) is 13.2 Å². The SMILES string of the molecule is CN=C(NCCc1cccc(F)c1)NCc1cccc(COCC(F)(F)F)c1.I. The standard InChI is InChI=1S/C20H23F4N3O.HI/c1-25-19(26-9-8-15-4-3-7-18(21)11-15)27-12-16-5-2-6-17(10-16)13-28-14-20(22,23)24;/h2-7,10-11H,8-9,12-14H2,1H3,(H2,25,26,27);1H. The molecule has 0 unspecified atom stereocenters. The number of benzene rings is 2. The third kappa shape index (κ3) is 10.5. The van der Waals surface area contributed by atoms with E-state index < -0.39 is 12.8 Å². The molecule has 2 aromatic carbocycles. The van der Waals surface area contributed by atoms with Crippen molar-refractivity contribution in [3.05, 3.63) is 71.0 Å². The second-order valence-corrected chi connectivity index (χ2v) is 6.16. The van der Waals surface area contributed by atoms with Gasteiger partial charge < -0.3 is 15.4 Å². The molecule has 0 heterocycles. The molecule has 0 saturated heterocycles. The maximum absolute atomic E-state index is 13.2. The van der Waals surface area contributed by atoms with Gasteiger partial charge in [0.2, 0.25) is 0 Å². The monoisotopic (exact) mass is 525 g/mol. The number of nitrogens with one attached hydrogen (secondary N) is 2. The maximum Gasteiger partial charge on any atom is 0.411 e. The van der Waals surface area contributed by atoms with Crippen molar-refractivity contribution >= 4 is 29.9 Å². The number of hydrogen-bond acceptors (Lipinski definition) is 2. The highest BCUT2D eigenvalue weighted by molar-refractivity contribution is 14.0. The van der Waals surface area contributed by atoms with Crippen molar-refractivity contribution in [3.8, 4) is 0 Å². The van der Waals surface area contributed by atoms with Gasteiger partial charge in [-0.25, -0.2) is 4.39 Å². The van der Waals surface area contributed by atoms with Crippen molar-refractivity contribution < 1.29 is 22.3 Å². The zero-order chi connectivity index (χ0) is 20.4. The van der Waals surface area contributed by atoms with Gasteiger partial charge in [0.25, 0.3) is 0 Å². The van der Waals surface area contributed by atoms with Crippen LogP contribution >= 0.6 is 24.0 Å². The summed E-state index contributed by atoms with van der Waals surface area (Å²) in [7, 11) is 1.64.